The zero-order chi connectivity index (χ0) is 8.27. The van der Waals surface area contributed by atoms with Crippen LogP contribution in [0, 0.1) is 0 Å². The summed E-state index contributed by atoms with van der Waals surface area (Å²) in [5.41, 5.74) is 0. The van der Waals surface area contributed by atoms with E-state index in [9.17, 15) is 9.59 Å². The van der Waals surface area contributed by atoms with E-state index in [1.165, 1.54) is 9.80 Å². The predicted octanol–water partition coefficient (Wildman–Crippen LogP) is 0.0300. The van der Waals surface area contributed by atoms with Crippen molar-refractivity contribution in [3.8, 4) is 0 Å². The summed E-state index contributed by atoms with van der Waals surface area (Å²) in [5, 5.41) is -0.449. The first kappa shape index (κ1) is 8.33. The molecule has 1 aliphatic heterocycles. The quantitative estimate of drug-likeness (QED) is 0.417. The molecule has 0 N–H and O–H groups in total. The summed E-state index contributed by atoms with van der Waals surface area (Å²) < 4.78 is 0. The molecule has 2 amide bonds. The van der Waals surface area contributed by atoms with Crippen molar-refractivity contribution in [2.45, 2.75) is 0 Å². The normalized spacial score (nSPS) is 18.3. The van der Waals surface area contributed by atoms with E-state index < -0.39 is 5.37 Å². The molecule has 1 aliphatic rings. The van der Waals surface area contributed by atoms with Gasteiger partial charge >= 0.3 is 11.8 Å². The third kappa shape index (κ3) is 2.08. The lowest BCUT2D eigenvalue weighted by Crippen LogP contribution is -2.46. The van der Waals surface area contributed by atoms with Gasteiger partial charge < -0.3 is 9.80 Å². The van der Waals surface area contributed by atoms with Gasteiger partial charge in [0.25, 0.3) is 0 Å². The molecular formula is C6H8ClN2O2. The lowest BCUT2D eigenvalue weighted by Gasteiger charge is -2.30. The molecule has 0 bridgehead atoms. The Morgan fingerprint density at radius 1 is 1.27 bits per heavy atom. The summed E-state index contributed by atoms with van der Waals surface area (Å²) in [6.45, 7) is 2.08. The molecule has 0 unspecified atom stereocenters. The van der Waals surface area contributed by atoms with Crippen molar-refractivity contribution < 1.29 is 9.59 Å². The zero-order valence-electron chi connectivity index (χ0n) is 5.92. The molecule has 4 nitrogen and oxygen atoms in total. The van der Waals surface area contributed by atoms with Crippen molar-refractivity contribution in [3.05, 3.63) is 0 Å². The Morgan fingerprint density at radius 2 is 1.82 bits per heavy atom. The lowest BCUT2D eigenvalue weighted by atomic mass is 10.3. The Morgan fingerprint density at radius 3 is 2.18 bits per heavy atom. The van der Waals surface area contributed by atoms with E-state index in [1.807, 2.05) is 0 Å². The largest absolute Gasteiger partial charge is 0.331 e. The third-order valence-electron chi connectivity index (χ3n) is 1.66. The Bertz CT molecular complexity index is 166. The average Bonchev–Trinajstić information content (AvgIpc) is 2.05. The Balaban J connectivity index is 2.35. The summed E-state index contributed by atoms with van der Waals surface area (Å²) in [5.74, 6) is 0. The summed E-state index contributed by atoms with van der Waals surface area (Å²) in [7, 11) is 0. The molecule has 61 valence electrons. The van der Waals surface area contributed by atoms with Gasteiger partial charge in [0.15, 0.2) is 0 Å². The Hall–Kier alpha value is -0.770. The number of carbonyl (C=O) groups excluding carboxylic acids is 2. The van der Waals surface area contributed by atoms with Crippen molar-refractivity contribution in [3.63, 3.8) is 0 Å². The molecule has 0 saturated carbocycles. The Kier molecular flexibility index (Phi) is 2.70. The molecule has 1 rings (SSSR count). The number of hydrogen-bond acceptors (Lipinski definition) is 2. The van der Waals surface area contributed by atoms with Crippen molar-refractivity contribution in [1.82, 2.24) is 9.80 Å². The first-order valence-electron chi connectivity index (χ1n) is 3.31. The van der Waals surface area contributed by atoms with Crippen LogP contribution in [0.3, 0.4) is 0 Å². The fourth-order valence-corrected chi connectivity index (χ4v) is 1.14. The van der Waals surface area contributed by atoms with Gasteiger partial charge in [-0.3, -0.25) is 9.59 Å². The summed E-state index contributed by atoms with van der Waals surface area (Å²) in [4.78, 5) is 23.7. The second-order valence-corrected chi connectivity index (χ2v) is 2.64. The minimum Gasteiger partial charge on any atom is -0.331 e. The standard InChI is InChI=1S/C6H8ClN2O2/c7-6(11)9-3-1-8(5-10)2-4-9/h1-4H2. The number of halogens is 1. The van der Waals surface area contributed by atoms with Gasteiger partial charge in [0.1, 0.15) is 0 Å². The van der Waals surface area contributed by atoms with E-state index >= 15 is 0 Å². The number of hydrogen-bond donors (Lipinski definition) is 0. The summed E-state index contributed by atoms with van der Waals surface area (Å²) in [6, 6.07) is 0. The maximum absolute atomic E-state index is 10.6. The van der Waals surface area contributed by atoms with Crippen molar-refractivity contribution in [2.24, 2.45) is 0 Å². The van der Waals surface area contributed by atoms with Crippen LogP contribution >= 0.6 is 11.6 Å². The SMILES string of the molecule is O=[C]N1CCN(C(=O)Cl)CC1. The van der Waals surface area contributed by atoms with Gasteiger partial charge in [0, 0.05) is 26.2 Å². The first-order chi connectivity index (χ1) is 5.24. The average molecular weight is 176 g/mol. The van der Waals surface area contributed by atoms with Gasteiger partial charge in [0.2, 0.25) is 0 Å². The zero-order valence-corrected chi connectivity index (χ0v) is 6.67. The fraction of sp³-hybridized carbons (Fsp3) is 0.667. The topological polar surface area (TPSA) is 40.6 Å². The first-order valence-corrected chi connectivity index (χ1v) is 3.69. The lowest BCUT2D eigenvalue weighted by molar-refractivity contribution is 0.188. The highest BCUT2D eigenvalue weighted by molar-refractivity contribution is 6.62. The van der Waals surface area contributed by atoms with Crippen LogP contribution in [-0.4, -0.2) is 47.8 Å². The molecule has 0 aromatic rings. The molecule has 1 heterocycles. The summed E-state index contributed by atoms with van der Waals surface area (Å²) in [6.07, 6.45) is 1.77. The minimum absolute atomic E-state index is 0.449. The summed E-state index contributed by atoms with van der Waals surface area (Å²) >= 11 is 5.22. The molecule has 1 saturated heterocycles. The van der Waals surface area contributed by atoms with Gasteiger partial charge in [-0.05, 0) is 11.6 Å². The van der Waals surface area contributed by atoms with Crippen LogP contribution in [-0.2, 0) is 4.79 Å². The maximum atomic E-state index is 10.6. The predicted molar refractivity (Wildman–Crippen MR) is 40.1 cm³/mol. The van der Waals surface area contributed by atoms with Crippen LogP contribution in [0.25, 0.3) is 0 Å². The highest BCUT2D eigenvalue weighted by atomic mass is 35.5. The van der Waals surface area contributed by atoms with Crippen LogP contribution in [0.15, 0.2) is 0 Å². The molecule has 0 aliphatic carbocycles. The molecule has 1 radical (unpaired) electrons. The minimum atomic E-state index is -0.449. The monoisotopic (exact) mass is 175 g/mol. The number of piperazine rings is 1. The molecule has 1 fully saturated rings. The van der Waals surface area contributed by atoms with Gasteiger partial charge in [-0.15, -0.1) is 0 Å². The molecule has 0 spiro atoms. The highest BCUT2D eigenvalue weighted by Crippen LogP contribution is 2.02. The van der Waals surface area contributed by atoms with Crippen LogP contribution in [0.5, 0.6) is 0 Å². The van der Waals surface area contributed by atoms with E-state index in [4.69, 9.17) is 11.6 Å². The highest BCUT2D eigenvalue weighted by Gasteiger charge is 2.18. The van der Waals surface area contributed by atoms with Crippen molar-refractivity contribution >= 4 is 23.4 Å². The maximum Gasteiger partial charge on any atom is 0.316 e. The second kappa shape index (κ2) is 3.57. The van der Waals surface area contributed by atoms with Gasteiger partial charge in [-0.1, -0.05) is 0 Å². The van der Waals surface area contributed by atoms with E-state index in [-0.39, 0.29) is 0 Å². The van der Waals surface area contributed by atoms with Gasteiger partial charge in [0.05, 0.1) is 0 Å². The van der Waals surface area contributed by atoms with Crippen LogP contribution in [0.4, 0.5) is 4.79 Å². The number of amides is 2. The van der Waals surface area contributed by atoms with E-state index in [0.717, 1.165) is 0 Å². The van der Waals surface area contributed by atoms with Crippen LogP contribution in [0.2, 0.25) is 0 Å². The molecule has 0 atom stereocenters. The van der Waals surface area contributed by atoms with E-state index in [1.54, 1.807) is 6.41 Å². The van der Waals surface area contributed by atoms with Gasteiger partial charge in [-0.2, -0.15) is 0 Å². The van der Waals surface area contributed by atoms with Crippen LogP contribution in [0.1, 0.15) is 0 Å². The second-order valence-electron chi connectivity index (χ2n) is 2.32. The number of rotatable bonds is 1. The van der Waals surface area contributed by atoms with E-state index in [0.29, 0.717) is 26.2 Å². The van der Waals surface area contributed by atoms with Gasteiger partial charge in [-0.25, -0.2) is 0 Å². The fourth-order valence-electron chi connectivity index (χ4n) is 0.974. The smallest absolute Gasteiger partial charge is 0.316 e. The number of nitrogens with zero attached hydrogens (tertiary/aromatic N) is 2. The Labute approximate surface area is 69.7 Å². The molecule has 0 aromatic heterocycles. The van der Waals surface area contributed by atoms with Crippen molar-refractivity contribution in [1.29, 1.82) is 0 Å². The molecule has 5 heteroatoms. The number of carbonyl (C=O) groups is 1. The molecule has 0 aromatic carbocycles. The molecular weight excluding hydrogens is 168 g/mol. The molecule has 11 heavy (non-hydrogen) atoms. The van der Waals surface area contributed by atoms with Crippen molar-refractivity contribution in [2.75, 3.05) is 26.2 Å². The third-order valence-corrected chi connectivity index (χ3v) is 1.90. The van der Waals surface area contributed by atoms with E-state index in [2.05, 4.69) is 0 Å². The van der Waals surface area contributed by atoms with Crippen LogP contribution < -0.4 is 0 Å².